The maximum absolute atomic E-state index is 12.8. The van der Waals surface area contributed by atoms with E-state index >= 15 is 0 Å². The number of rotatable bonds is 5. The first-order chi connectivity index (χ1) is 14.2. The lowest BCUT2D eigenvalue weighted by atomic mass is 9.90. The van der Waals surface area contributed by atoms with Crippen molar-refractivity contribution in [3.63, 3.8) is 0 Å². The fourth-order valence-corrected chi connectivity index (χ4v) is 3.74. The minimum atomic E-state index is -0.223. The summed E-state index contributed by atoms with van der Waals surface area (Å²) in [4.78, 5) is 14.5. The van der Waals surface area contributed by atoms with Crippen LogP contribution in [0.3, 0.4) is 0 Å². The molecule has 148 valence electrons. The smallest absolute Gasteiger partial charge is 0.266 e. The van der Waals surface area contributed by atoms with Gasteiger partial charge in [0.05, 0.1) is 0 Å². The largest absolute Gasteiger partial charge is 0.454 e. The summed E-state index contributed by atoms with van der Waals surface area (Å²) in [5, 5.41) is 12.5. The third-order valence-corrected chi connectivity index (χ3v) is 5.38. The van der Waals surface area contributed by atoms with Gasteiger partial charge in [0.25, 0.3) is 5.91 Å². The standard InChI is InChI=1S/C23H23N3O3/c24-14-19(15-25-20-6-7-21-22(13-20)29-16-28-21)23(27)26-10-8-18(9-11-26)12-17-4-2-1-3-5-17/h1-7,13,15,18,25H,8-12,16H2/b19-15-. The number of carbonyl (C=O) groups is 1. The van der Waals surface area contributed by atoms with Crippen LogP contribution in [0.25, 0.3) is 0 Å². The molecule has 29 heavy (non-hydrogen) atoms. The lowest BCUT2D eigenvalue weighted by molar-refractivity contribution is -0.128. The Morgan fingerprint density at radius 2 is 1.90 bits per heavy atom. The summed E-state index contributed by atoms with van der Waals surface area (Å²) >= 11 is 0. The molecule has 0 aliphatic carbocycles. The number of nitrogens with one attached hydrogen (secondary N) is 1. The van der Waals surface area contributed by atoms with E-state index in [1.807, 2.05) is 18.2 Å². The van der Waals surface area contributed by atoms with Crippen LogP contribution >= 0.6 is 0 Å². The van der Waals surface area contributed by atoms with E-state index in [-0.39, 0.29) is 18.3 Å². The lowest BCUT2D eigenvalue weighted by Gasteiger charge is -2.32. The van der Waals surface area contributed by atoms with Gasteiger partial charge in [-0.1, -0.05) is 30.3 Å². The van der Waals surface area contributed by atoms with Crippen LogP contribution in [0.15, 0.2) is 60.3 Å². The number of hydrogen-bond donors (Lipinski definition) is 1. The normalized spacial score (nSPS) is 16.4. The van der Waals surface area contributed by atoms with Crippen LogP contribution < -0.4 is 14.8 Å². The van der Waals surface area contributed by atoms with Crippen LogP contribution in [0.5, 0.6) is 11.5 Å². The minimum absolute atomic E-state index is 0.101. The molecule has 4 rings (SSSR count). The number of fused-ring (bicyclic) bond motifs is 1. The Labute approximate surface area is 170 Å². The number of piperidine rings is 1. The predicted octanol–water partition coefficient (Wildman–Crippen LogP) is 3.72. The van der Waals surface area contributed by atoms with Gasteiger partial charge in [-0.05, 0) is 42.9 Å². The molecule has 0 spiro atoms. The zero-order chi connectivity index (χ0) is 20.1. The van der Waals surface area contributed by atoms with E-state index in [1.165, 1.54) is 11.8 Å². The SMILES string of the molecule is N#C/C(=C/Nc1ccc2c(c1)OCO2)C(=O)N1CCC(Cc2ccccc2)CC1. The molecule has 2 aromatic rings. The molecule has 1 amide bonds. The van der Waals surface area contributed by atoms with E-state index in [4.69, 9.17) is 9.47 Å². The van der Waals surface area contributed by atoms with Gasteiger partial charge in [0, 0.05) is 31.0 Å². The van der Waals surface area contributed by atoms with Crippen molar-refractivity contribution in [1.82, 2.24) is 4.90 Å². The van der Waals surface area contributed by atoms with Crippen LogP contribution in [-0.2, 0) is 11.2 Å². The van der Waals surface area contributed by atoms with Crippen molar-refractivity contribution in [3.8, 4) is 17.6 Å². The Hall–Kier alpha value is -3.46. The highest BCUT2D eigenvalue weighted by Gasteiger charge is 2.25. The molecule has 1 N–H and O–H groups in total. The Morgan fingerprint density at radius 3 is 2.66 bits per heavy atom. The quantitative estimate of drug-likeness (QED) is 0.623. The average molecular weight is 389 g/mol. The van der Waals surface area contributed by atoms with Gasteiger partial charge in [-0.3, -0.25) is 4.79 Å². The number of benzene rings is 2. The Balaban J connectivity index is 1.33. The number of nitriles is 1. The highest BCUT2D eigenvalue weighted by Crippen LogP contribution is 2.34. The fourth-order valence-electron chi connectivity index (χ4n) is 3.74. The van der Waals surface area contributed by atoms with Crippen LogP contribution in [0.2, 0.25) is 0 Å². The molecule has 0 unspecified atom stereocenters. The molecule has 6 heteroatoms. The second-order valence-corrected chi connectivity index (χ2v) is 7.31. The first-order valence-corrected chi connectivity index (χ1v) is 9.82. The maximum atomic E-state index is 12.8. The van der Waals surface area contributed by atoms with E-state index in [0.717, 1.165) is 24.9 Å². The van der Waals surface area contributed by atoms with E-state index in [2.05, 4.69) is 29.6 Å². The maximum Gasteiger partial charge on any atom is 0.266 e. The van der Waals surface area contributed by atoms with E-state index in [1.54, 1.807) is 17.0 Å². The minimum Gasteiger partial charge on any atom is -0.454 e. The zero-order valence-electron chi connectivity index (χ0n) is 16.1. The van der Waals surface area contributed by atoms with Gasteiger partial charge in [-0.15, -0.1) is 0 Å². The third-order valence-electron chi connectivity index (χ3n) is 5.38. The van der Waals surface area contributed by atoms with Crippen LogP contribution in [0.4, 0.5) is 5.69 Å². The molecule has 2 aliphatic rings. The van der Waals surface area contributed by atoms with E-state index < -0.39 is 0 Å². The first-order valence-electron chi connectivity index (χ1n) is 9.82. The van der Waals surface area contributed by atoms with Gasteiger partial charge >= 0.3 is 0 Å². The Bertz CT molecular complexity index is 942. The molecular weight excluding hydrogens is 366 g/mol. The summed E-state index contributed by atoms with van der Waals surface area (Å²) in [5.74, 6) is 1.69. The van der Waals surface area contributed by atoms with Gasteiger partial charge in [0.15, 0.2) is 11.5 Å². The lowest BCUT2D eigenvalue weighted by Crippen LogP contribution is -2.39. The highest BCUT2D eigenvalue weighted by molar-refractivity contribution is 5.97. The molecule has 0 aromatic heterocycles. The molecule has 6 nitrogen and oxygen atoms in total. The topological polar surface area (TPSA) is 74.6 Å². The molecule has 0 saturated carbocycles. The van der Waals surface area contributed by atoms with Gasteiger partial charge < -0.3 is 19.7 Å². The summed E-state index contributed by atoms with van der Waals surface area (Å²) in [7, 11) is 0. The molecular formula is C23H23N3O3. The molecule has 2 aliphatic heterocycles. The van der Waals surface area contributed by atoms with Crippen molar-refractivity contribution in [2.45, 2.75) is 19.3 Å². The fraction of sp³-hybridized carbons (Fsp3) is 0.304. The number of anilines is 1. The van der Waals surface area contributed by atoms with Crippen molar-refractivity contribution in [1.29, 1.82) is 5.26 Å². The summed E-state index contributed by atoms with van der Waals surface area (Å²) in [6.45, 7) is 1.57. The van der Waals surface area contributed by atoms with Crippen molar-refractivity contribution < 1.29 is 14.3 Å². The summed E-state index contributed by atoms with van der Waals surface area (Å²) in [6.07, 6.45) is 4.41. The number of amides is 1. The van der Waals surface area contributed by atoms with Crippen LogP contribution in [0, 0.1) is 17.2 Å². The summed E-state index contributed by atoms with van der Waals surface area (Å²) < 4.78 is 10.6. The van der Waals surface area contributed by atoms with Crippen LogP contribution in [-0.4, -0.2) is 30.7 Å². The van der Waals surface area contributed by atoms with Crippen LogP contribution in [0.1, 0.15) is 18.4 Å². The number of hydrogen-bond acceptors (Lipinski definition) is 5. The molecule has 2 aromatic carbocycles. The average Bonchev–Trinajstić information content (AvgIpc) is 3.23. The first kappa shape index (κ1) is 18.9. The van der Waals surface area contributed by atoms with Crippen molar-refractivity contribution in [2.75, 3.05) is 25.2 Å². The summed E-state index contributed by atoms with van der Waals surface area (Å²) in [6, 6.07) is 17.9. The Morgan fingerprint density at radius 1 is 1.14 bits per heavy atom. The molecule has 2 heterocycles. The van der Waals surface area contributed by atoms with E-state index in [9.17, 15) is 10.1 Å². The van der Waals surface area contributed by atoms with Crippen molar-refractivity contribution in [3.05, 3.63) is 65.9 Å². The molecule has 1 fully saturated rings. The highest BCUT2D eigenvalue weighted by atomic mass is 16.7. The second kappa shape index (κ2) is 8.70. The predicted molar refractivity (Wildman–Crippen MR) is 109 cm³/mol. The third kappa shape index (κ3) is 4.52. The van der Waals surface area contributed by atoms with Gasteiger partial charge in [-0.2, -0.15) is 5.26 Å². The number of likely N-dealkylation sites (tertiary alicyclic amines) is 1. The number of ether oxygens (including phenoxy) is 2. The monoisotopic (exact) mass is 389 g/mol. The number of carbonyl (C=O) groups excluding carboxylic acids is 1. The van der Waals surface area contributed by atoms with Crippen molar-refractivity contribution >= 4 is 11.6 Å². The number of nitrogens with zero attached hydrogens (tertiary/aromatic N) is 2. The zero-order valence-corrected chi connectivity index (χ0v) is 16.1. The molecule has 0 atom stereocenters. The molecule has 0 bridgehead atoms. The van der Waals surface area contributed by atoms with Gasteiger partial charge in [-0.25, -0.2) is 0 Å². The van der Waals surface area contributed by atoms with Crippen molar-refractivity contribution in [2.24, 2.45) is 5.92 Å². The molecule has 0 radical (unpaired) electrons. The van der Waals surface area contributed by atoms with Gasteiger partial charge in [0.1, 0.15) is 11.6 Å². The molecule has 1 saturated heterocycles. The van der Waals surface area contributed by atoms with Gasteiger partial charge in [0.2, 0.25) is 6.79 Å². The second-order valence-electron chi connectivity index (χ2n) is 7.31. The van der Waals surface area contributed by atoms with E-state index in [0.29, 0.717) is 30.5 Å². The summed E-state index contributed by atoms with van der Waals surface area (Å²) in [5.41, 5.74) is 2.17. The Kier molecular flexibility index (Phi) is 5.66.